The lowest BCUT2D eigenvalue weighted by Crippen LogP contribution is -2.40. The second kappa shape index (κ2) is 5.29. The Balaban J connectivity index is 2.39. The maximum atomic E-state index is 11.6. The van der Waals surface area contributed by atoms with Gasteiger partial charge in [-0.15, -0.1) is 0 Å². The van der Waals surface area contributed by atoms with Gasteiger partial charge in [0, 0.05) is 24.0 Å². The highest BCUT2D eigenvalue weighted by molar-refractivity contribution is 5.99. The highest BCUT2D eigenvalue weighted by atomic mass is 16.1. The third-order valence-corrected chi connectivity index (χ3v) is 3.69. The largest absolute Gasteiger partial charge is 0.399 e. The van der Waals surface area contributed by atoms with Crippen LogP contribution in [0, 0.1) is 0 Å². The van der Waals surface area contributed by atoms with Gasteiger partial charge in [-0.3, -0.25) is 4.79 Å². The molecule has 4 heteroatoms. The van der Waals surface area contributed by atoms with Crippen molar-refractivity contribution >= 4 is 17.3 Å². The van der Waals surface area contributed by atoms with Gasteiger partial charge in [0.2, 0.25) is 0 Å². The number of benzene rings is 1. The minimum Gasteiger partial charge on any atom is -0.399 e. The van der Waals surface area contributed by atoms with Crippen molar-refractivity contribution in [3.05, 3.63) is 23.8 Å². The fourth-order valence-electron chi connectivity index (χ4n) is 2.74. The van der Waals surface area contributed by atoms with E-state index in [-0.39, 0.29) is 0 Å². The molecule has 2 rings (SSSR count). The van der Waals surface area contributed by atoms with Gasteiger partial charge in [-0.05, 0) is 43.9 Å². The molecule has 0 aliphatic carbocycles. The van der Waals surface area contributed by atoms with E-state index in [1.165, 1.54) is 19.3 Å². The van der Waals surface area contributed by atoms with Gasteiger partial charge >= 0.3 is 0 Å². The van der Waals surface area contributed by atoms with Crippen LogP contribution in [0.5, 0.6) is 0 Å². The molecular weight excluding hydrogens is 226 g/mol. The lowest BCUT2D eigenvalue weighted by molar-refractivity contribution is 0.100. The molecule has 4 N–H and O–H groups in total. The van der Waals surface area contributed by atoms with Crippen LogP contribution in [0.2, 0.25) is 0 Å². The standard InChI is InChI=1S/C14H21N3O/c1-2-11-5-3-4-8-17(11)13-7-6-10(15)9-12(13)14(16)18/h6-7,9,11H,2-5,8,15H2,1H3,(H2,16,18). The Labute approximate surface area is 108 Å². The number of carbonyl (C=O) groups excluding carboxylic acids is 1. The Morgan fingerprint density at radius 3 is 2.89 bits per heavy atom. The first-order valence-electron chi connectivity index (χ1n) is 6.59. The molecule has 1 unspecified atom stereocenters. The van der Waals surface area contributed by atoms with Gasteiger partial charge in [0.15, 0.2) is 0 Å². The average Bonchev–Trinajstić information content (AvgIpc) is 2.38. The zero-order chi connectivity index (χ0) is 13.1. The van der Waals surface area contributed by atoms with Crippen LogP contribution in [0.25, 0.3) is 0 Å². The summed E-state index contributed by atoms with van der Waals surface area (Å²) < 4.78 is 0. The summed E-state index contributed by atoms with van der Waals surface area (Å²) in [5.41, 5.74) is 13.2. The highest BCUT2D eigenvalue weighted by Gasteiger charge is 2.24. The van der Waals surface area contributed by atoms with Crippen molar-refractivity contribution in [2.45, 2.75) is 38.6 Å². The van der Waals surface area contributed by atoms with E-state index < -0.39 is 5.91 Å². The number of piperidine rings is 1. The van der Waals surface area contributed by atoms with E-state index in [2.05, 4.69) is 11.8 Å². The number of anilines is 2. The molecule has 0 bridgehead atoms. The van der Waals surface area contributed by atoms with Gasteiger partial charge in [0.1, 0.15) is 0 Å². The minimum atomic E-state index is -0.405. The molecule has 18 heavy (non-hydrogen) atoms. The Morgan fingerprint density at radius 2 is 2.22 bits per heavy atom. The number of primary amides is 1. The minimum absolute atomic E-state index is 0.405. The summed E-state index contributed by atoms with van der Waals surface area (Å²) in [6.07, 6.45) is 4.69. The van der Waals surface area contributed by atoms with Crippen molar-refractivity contribution in [1.82, 2.24) is 0 Å². The topological polar surface area (TPSA) is 72.3 Å². The first kappa shape index (κ1) is 12.7. The Kier molecular flexibility index (Phi) is 3.75. The number of rotatable bonds is 3. The van der Waals surface area contributed by atoms with Gasteiger partial charge in [-0.1, -0.05) is 6.92 Å². The molecule has 0 radical (unpaired) electrons. The van der Waals surface area contributed by atoms with Gasteiger partial charge in [-0.2, -0.15) is 0 Å². The molecule has 1 atom stereocenters. The maximum absolute atomic E-state index is 11.6. The second-order valence-corrected chi connectivity index (χ2v) is 4.89. The second-order valence-electron chi connectivity index (χ2n) is 4.89. The van der Waals surface area contributed by atoms with E-state index in [1.807, 2.05) is 12.1 Å². The normalized spacial score (nSPS) is 19.8. The molecule has 1 aromatic carbocycles. The zero-order valence-electron chi connectivity index (χ0n) is 10.9. The van der Waals surface area contributed by atoms with Crippen LogP contribution in [-0.4, -0.2) is 18.5 Å². The van der Waals surface area contributed by atoms with Crippen LogP contribution >= 0.6 is 0 Å². The van der Waals surface area contributed by atoms with Crippen molar-refractivity contribution in [1.29, 1.82) is 0 Å². The van der Waals surface area contributed by atoms with Crippen molar-refractivity contribution in [3.63, 3.8) is 0 Å². The fraction of sp³-hybridized carbons (Fsp3) is 0.500. The molecule has 1 fully saturated rings. The van der Waals surface area contributed by atoms with Crippen LogP contribution in [0.15, 0.2) is 18.2 Å². The number of nitrogen functional groups attached to an aromatic ring is 1. The van der Waals surface area contributed by atoms with Gasteiger partial charge in [0.25, 0.3) is 5.91 Å². The fourth-order valence-corrected chi connectivity index (χ4v) is 2.74. The number of hydrogen-bond acceptors (Lipinski definition) is 3. The third-order valence-electron chi connectivity index (χ3n) is 3.69. The summed E-state index contributed by atoms with van der Waals surface area (Å²) in [6.45, 7) is 3.17. The van der Waals surface area contributed by atoms with E-state index in [0.717, 1.165) is 18.7 Å². The maximum Gasteiger partial charge on any atom is 0.250 e. The number of amides is 1. The van der Waals surface area contributed by atoms with E-state index >= 15 is 0 Å². The summed E-state index contributed by atoms with van der Waals surface area (Å²) in [5, 5.41) is 0. The lowest BCUT2D eigenvalue weighted by Gasteiger charge is -2.38. The van der Waals surface area contributed by atoms with Crippen LogP contribution < -0.4 is 16.4 Å². The van der Waals surface area contributed by atoms with Crippen LogP contribution in [-0.2, 0) is 0 Å². The molecule has 0 saturated carbocycles. The number of hydrogen-bond donors (Lipinski definition) is 2. The average molecular weight is 247 g/mol. The van der Waals surface area contributed by atoms with Crippen LogP contribution in [0.3, 0.4) is 0 Å². The molecule has 1 saturated heterocycles. The van der Waals surface area contributed by atoms with E-state index in [4.69, 9.17) is 11.5 Å². The number of carbonyl (C=O) groups is 1. The predicted molar refractivity (Wildman–Crippen MR) is 74.6 cm³/mol. The summed E-state index contributed by atoms with van der Waals surface area (Å²) in [5.74, 6) is -0.405. The van der Waals surface area contributed by atoms with Crippen molar-refractivity contribution < 1.29 is 4.79 Å². The Morgan fingerprint density at radius 1 is 1.44 bits per heavy atom. The molecule has 1 aromatic rings. The van der Waals surface area contributed by atoms with E-state index in [1.54, 1.807) is 6.07 Å². The quantitative estimate of drug-likeness (QED) is 0.804. The first-order valence-corrected chi connectivity index (χ1v) is 6.59. The summed E-state index contributed by atoms with van der Waals surface area (Å²) in [4.78, 5) is 13.9. The van der Waals surface area contributed by atoms with Crippen molar-refractivity contribution in [2.24, 2.45) is 5.73 Å². The Bertz CT molecular complexity index is 445. The zero-order valence-corrected chi connectivity index (χ0v) is 10.9. The summed E-state index contributed by atoms with van der Waals surface area (Å²) in [6, 6.07) is 5.94. The highest BCUT2D eigenvalue weighted by Crippen LogP contribution is 2.30. The smallest absolute Gasteiger partial charge is 0.250 e. The predicted octanol–water partition coefficient (Wildman–Crippen LogP) is 2.14. The molecule has 98 valence electrons. The van der Waals surface area contributed by atoms with E-state index in [9.17, 15) is 4.79 Å². The molecule has 4 nitrogen and oxygen atoms in total. The summed E-state index contributed by atoms with van der Waals surface area (Å²) >= 11 is 0. The molecule has 1 amide bonds. The molecule has 1 aliphatic heterocycles. The summed E-state index contributed by atoms with van der Waals surface area (Å²) in [7, 11) is 0. The first-order chi connectivity index (χ1) is 8.63. The van der Waals surface area contributed by atoms with Gasteiger partial charge in [0.05, 0.1) is 5.56 Å². The molecule has 0 aromatic heterocycles. The molecule has 1 aliphatic rings. The lowest BCUT2D eigenvalue weighted by atomic mass is 9.97. The number of nitrogens with two attached hydrogens (primary N) is 2. The monoisotopic (exact) mass is 247 g/mol. The Hall–Kier alpha value is -1.71. The van der Waals surface area contributed by atoms with E-state index in [0.29, 0.717) is 17.3 Å². The van der Waals surface area contributed by atoms with Crippen LogP contribution in [0.1, 0.15) is 43.0 Å². The van der Waals surface area contributed by atoms with Crippen LogP contribution in [0.4, 0.5) is 11.4 Å². The third kappa shape index (κ3) is 2.42. The SMILES string of the molecule is CCC1CCCCN1c1ccc(N)cc1C(N)=O. The van der Waals surface area contributed by atoms with Crippen molar-refractivity contribution in [2.75, 3.05) is 17.2 Å². The molecule has 0 spiro atoms. The number of nitrogens with zero attached hydrogens (tertiary/aromatic N) is 1. The van der Waals surface area contributed by atoms with Gasteiger partial charge < -0.3 is 16.4 Å². The molecular formula is C14H21N3O. The molecule has 1 heterocycles. The van der Waals surface area contributed by atoms with Gasteiger partial charge in [-0.25, -0.2) is 0 Å². The van der Waals surface area contributed by atoms with Crippen molar-refractivity contribution in [3.8, 4) is 0 Å².